The summed E-state index contributed by atoms with van der Waals surface area (Å²) < 4.78 is 46.3. The number of hydrogen-bond acceptors (Lipinski definition) is 5. The molecule has 0 fully saturated rings. The number of amides is 1. The Labute approximate surface area is 189 Å². The van der Waals surface area contributed by atoms with Crippen LogP contribution in [0.5, 0.6) is 0 Å². The monoisotopic (exact) mass is 478 g/mol. The van der Waals surface area contributed by atoms with E-state index >= 15 is 0 Å². The number of halogens is 4. The van der Waals surface area contributed by atoms with Crippen molar-refractivity contribution in [1.82, 2.24) is 14.8 Å². The molecule has 0 aliphatic rings. The van der Waals surface area contributed by atoms with Crippen LogP contribution in [-0.2, 0) is 11.0 Å². The molecule has 32 heavy (non-hydrogen) atoms. The molecule has 0 atom stereocenters. The second-order valence-electron chi connectivity index (χ2n) is 6.48. The first kappa shape index (κ1) is 22.0. The zero-order valence-electron chi connectivity index (χ0n) is 16.1. The molecule has 4 rings (SSSR count). The van der Waals surface area contributed by atoms with Gasteiger partial charge in [0.1, 0.15) is 0 Å². The quantitative estimate of drug-likeness (QED) is 0.348. The lowest BCUT2D eigenvalue weighted by molar-refractivity contribution is -0.137. The van der Waals surface area contributed by atoms with Crippen LogP contribution < -0.4 is 5.32 Å². The van der Waals surface area contributed by atoms with E-state index < -0.39 is 22.7 Å². The van der Waals surface area contributed by atoms with Crippen LogP contribution >= 0.6 is 23.4 Å². The molecule has 1 N–H and O–H groups in total. The van der Waals surface area contributed by atoms with Gasteiger partial charge in [0, 0.05) is 11.4 Å². The largest absolute Gasteiger partial charge is 0.461 e. The smallest absolute Gasteiger partial charge is 0.417 e. The van der Waals surface area contributed by atoms with Crippen LogP contribution in [0.3, 0.4) is 0 Å². The van der Waals surface area contributed by atoms with Gasteiger partial charge in [-0.05, 0) is 42.5 Å². The zero-order valence-corrected chi connectivity index (χ0v) is 17.7. The molecule has 0 aliphatic heterocycles. The van der Waals surface area contributed by atoms with E-state index in [2.05, 4.69) is 15.5 Å². The molecule has 0 saturated heterocycles. The van der Waals surface area contributed by atoms with Gasteiger partial charge in [-0.25, -0.2) is 0 Å². The molecular weight excluding hydrogens is 465 g/mol. The van der Waals surface area contributed by atoms with Crippen LogP contribution in [-0.4, -0.2) is 26.4 Å². The minimum Gasteiger partial charge on any atom is -0.461 e. The van der Waals surface area contributed by atoms with Gasteiger partial charge >= 0.3 is 6.18 Å². The van der Waals surface area contributed by atoms with Crippen LogP contribution in [0.2, 0.25) is 5.02 Å². The van der Waals surface area contributed by atoms with E-state index in [0.717, 1.165) is 29.6 Å². The lowest BCUT2D eigenvalue weighted by Gasteiger charge is -2.12. The van der Waals surface area contributed by atoms with Gasteiger partial charge < -0.3 is 9.73 Å². The number of carbonyl (C=O) groups is 1. The van der Waals surface area contributed by atoms with Gasteiger partial charge in [-0.3, -0.25) is 9.36 Å². The Hall–Kier alpha value is -3.24. The summed E-state index contributed by atoms with van der Waals surface area (Å²) in [5.41, 5.74) is -0.260. The van der Waals surface area contributed by atoms with E-state index in [1.807, 2.05) is 30.3 Å². The molecule has 11 heteroatoms. The number of rotatable bonds is 6. The maximum atomic E-state index is 13.0. The molecular formula is C21H14ClF3N4O2S. The number of para-hydroxylation sites is 1. The Morgan fingerprint density at radius 2 is 1.88 bits per heavy atom. The molecule has 0 unspecified atom stereocenters. The third kappa shape index (κ3) is 4.81. The molecule has 0 bridgehead atoms. The van der Waals surface area contributed by atoms with Crippen molar-refractivity contribution in [1.29, 1.82) is 0 Å². The minimum absolute atomic E-state index is 0.00637. The average Bonchev–Trinajstić information content (AvgIpc) is 3.43. The van der Waals surface area contributed by atoms with Crippen LogP contribution in [0.4, 0.5) is 18.9 Å². The number of aromatic nitrogens is 3. The number of nitrogens with one attached hydrogen (secondary N) is 1. The lowest BCUT2D eigenvalue weighted by Crippen LogP contribution is -2.15. The van der Waals surface area contributed by atoms with Gasteiger partial charge in [-0.2, -0.15) is 13.2 Å². The topological polar surface area (TPSA) is 73.0 Å². The van der Waals surface area contributed by atoms with Crippen LogP contribution in [0.1, 0.15) is 5.56 Å². The molecule has 0 spiro atoms. The Bertz CT molecular complexity index is 1230. The van der Waals surface area contributed by atoms with Gasteiger partial charge in [-0.15, -0.1) is 10.2 Å². The van der Waals surface area contributed by atoms with E-state index in [0.29, 0.717) is 16.7 Å². The Kier molecular flexibility index (Phi) is 6.24. The first-order valence-corrected chi connectivity index (χ1v) is 10.5. The maximum absolute atomic E-state index is 13.0. The normalized spacial score (nSPS) is 11.5. The fraction of sp³-hybridized carbons (Fsp3) is 0.0952. The summed E-state index contributed by atoms with van der Waals surface area (Å²) in [5, 5.41) is 10.8. The van der Waals surface area contributed by atoms with E-state index in [1.54, 1.807) is 16.7 Å². The number of anilines is 1. The van der Waals surface area contributed by atoms with Crippen LogP contribution in [0.15, 0.2) is 76.5 Å². The highest BCUT2D eigenvalue weighted by atomic mass is 35.5. The lowest BCUT2D eigenvalue weighted by atomic mass is 10.2. The van der Waals surface area contributed by atoms with Crippen molar-refractivity contribution in [2.45, 2.75) is 11.3 Å². The molecule has 2 aromatic carbocycles. The fourth-order valence-electron chi connectivity index (χ4n) is 2.89. The Morgan fingerprint density at radius 1 is 1.09 bits per heavy atom. The van der Waals surface area contributed by atoms with Crippen LogP contribution in [0, 0.1) is 0 Å². The van der Waals surface area contributed by atoms with Crippen molar-refractivity contribution in [3.8, 4) is 17.3 Å². The van der Waals surface area contributed by atoms with Gasteiger partial charge in [0.15, 0.2) is 10.9 Å². The molecule has 4 aromatic rings. The van der Waals surface area contributed by atoms with E-state index in [-0.39, 0.29) is 11.4 Å². The van der Waals surface area contributed by atoms with E-state index in [4.69, 9.17) is 16.0 Å². The number of hydrogen-bond donors (Lipinski definition) is 1. The summed E-state index contributed by atoms with van der Waals surface area (Å²) in [4.78, 5) is 12.4. The fourth-order valence-corrected chi connectivity index (χ4v) is 3.86. The molecule has 6 nitrogen and oxygen atoms in total. The number of benzene rings is 2. The highest BCUT2D eigenvalue weighted by molar-refractivity contribution is 7.99. The Morgan fingerprint density at radius 3 is 2.56 bits per heavy atom. The number of nitrogens with zero attached hydrogens (tertiary/aromatic N) is 3. The van der Waals surface area contributed by atoms with Crippen molar-refractivity contribution >= 4 is 35.0 Å². The second kappa shape index (κ2) is 9.09. The molecule has 0 aliphatic carbocycles. The second-order valence-corrected chi connectivity index (χ2v) is 7.83. The molecule has 2 heterocycles. The number of carbonyl (C=O) groups excluding carboxylic acids is 1. The molecule has 1 amide bonds. The molecule has 0 radical (unpaired) electrons. The Balaban J connectivity index is 1.53. The summed E-state index contributed by atoms with van der Waals surface area (Å²) in [6.07, 6.45) is -3.11. The van der Waals surface area contributed by atoms with E-state index in [9.17, 15) is 18.0 Å². The average molecular weight is 479 g/mol. The van der Waals surface area contributed by atoms with Gasteiger partial charge in [0.05, 0.1) is 22.6 Å². The molecule has 0 saturated carbocycles. The highest BCUT2D eigenvalue weighted by Crippen LogP contribution is 2.36. The summed E-state index contributed by atoms with van der Waals surface area (Å²) >= 11 is 6.70. The number of alkyl halides is 3. The number of furan rings is 1. The maximum Gasteiger partial charge on any atom is 0.417 e. The first-order chi connectivity index (χ1) is 15.3. The van der Waals surface area contributed by atoms with E-state index in [1.165, 1.54) is 12.3 Å². The predicted molar refractivity (Wildman–Crippen MR) is 115 cm³/mol. The third-order valence-corrected chi connectivity index (χ3v) is 5.54. The molecule has 164 valence electrons. The van der Waals surface area contributed by atoms with Gasteiger partial charge in [-0.1, -0.05) is 41.6 Å². The first-order valence-electron chi connectivity index (χ1n) is 9.17. The summed E-state index contributed by atoms with van der Waals surface area (Å²) in [5.74, 6) is 0.343. The number of thioether (sulfide) groups is 1. The summed E-state index contributed by atoms with van der Waals surface area (Å²) in [6.45, 7) is 0. The molecule has 2 aromatic heterocycles. The van der Waals surface area contributed by atoms with Gasteiger partial charge in [0.25, 0.3) is 0 Å². The van der Waals surface area contributed by atoms with Crippen molar-refractivity contribution in [2.75, 3.05) is 11.1 Å². The highest BCUT2D eigenvalue weighted by Gasteiger charge is 2.33. The van der Waals surface area contributed by atoms with Crippen molar-refractivity contribution in [3.05, 3.63) is 77.5 Å². The summed E-state index contributed by atoms with van der Waals surface area (Å²) in [7, 11) is 0. The van der Waals surface area contributed by atoms with Crippen molar-refractivity contribution in [2.24, 2.45) is 0 Å². The SMILES string of the molecule is O=C(CSc1nnc(-c2ccco2)n1-c1ccccc1)Nc1ccc(Cl)c(C(F)(F)F)c1. The summed E-state index contributed by atoms with van der Waals surface area (Å²) in [6, 6.07) is 15.9. The van der Waals surface area contributed by atoms with Crippen molar-refractivity contribution in [3.63, 3.8) is 0 Å². The predicted octanol–water partition coefficient (Wildman–Crippen LogP) is 5.93. The zero-order chi connectivity index (χ0) is 22.7. The van der Waals surface area contributed by atoms with Crippen molar-refractivity contribution < 1.29 is 22.4 Å². The van der Waals surface area contributed by atoms with Gasteiger partial charge in [0.2, 0.25) is 11.7 Å². The van der Waals surface area contributed by atoms with Crippen LogP contribution in [0.25, 0.3) is 17.3 Å². The standard InChI is InChI=1S/C21H14ClF3N4O2S/c22-16-9-8-13(11-15(16)21(23,24)25)26-18(30)12-32-20-28-27-19(17-7-4-10-31-17)29(20)14-5-2-1-3-6-14/h1-11H,12H2,(H,26,30). The minimum atomic E-state index is -4.62. The third-order valence-electron chi connectivity index (χ3n) is 4.28.